The number of hydrogen-bond donors (Lipinski definition) is 1. The van der Waals surface area contributed by atoms with E-state index >= 15 is 0 Å². The third-order valence-corrected chi connectivity index (χ3v) is 4.40. The lowest BCUT2D eigenvalue weighted by Gasteiger charge is -2.34. The number of nitrogens with zero attached hydrogens (tertiary/aromatic N) is 2. The molecule has 1 fully saturated rings. The Kier molecular flexibility index (Phi) is 3.65. The Balaban J connectivity index is 2.18. The van der Waals surface area contributed by atoms with Crippen LogP contribution in [0.5, 0.6) is 0 Å². The molecule has 1 aromatic heterocycles. The average molecular weight is 267 g/mol. The number of thiazole rings is 1. The third-order valence-electron chi connectivity index (χ3n) is 3.09. The van der Waals surface area contributed by atoms with Gasteiger partial charge in [0.1, 0.15) is 17.6 Å². The second-order valence-electron chi connectivity index (χ2n) is 4.45. The number of nitrogens with one attached hydrogen (secondary N) is 1. The van der Waals surface area contributed by atoms with E-state index in [1.165, 1.54) is 4.88 Å². The molecule has 2 atom stereocenters. The summed E-state index contributed by atoms with van der Waals surface area (Å²) in [5.41, 5.74) is 0. The van der Waals surface area contributed by atoms with Crippen LogP contribution in [0.3, 0.4) is 0 Å². The normalized spacial score (nSPS) is 21.9. The van der Waals surface area contributed by atoms with Crippen molar-refractivity contribution < 1.29 is 9.59 Å². The molecule has 2 unspecified atom stereocenters. The molecule has 1 saturated heterocycles. The second kappa shape index (κ2) is 5.06. The van der Waals surface area contributed by atoms with E-state index in [1.807, 2.05) is 13.1 Å². The number of rotatable bonds is 3. The van der Waals surface area contributed by atoms with Crippen molar-refractivity contribution >= 4 is 23.2 Å². The van der Waals surface area contributed by atoms with E-state index in [1.54, 1.807) is 23.2 Å². The van der Waals surface area contributed by atoms with Crippen molar-refractivity contribution in [2.75, 3.05) is 6.54 Å². The van der Waals surface area contributed by atoms with Crippen LogP contribution < -0.4 is 5.32 Å². The summed E-state index contributed by atoms with van der Waals surface area (Å²) in [7, 11) is 0. The molecule has 1 aromatic rings. The number of piperazine rings is 1. The minimum atomic E-state index is -0.445. The summed E-state index contributed by atoms with van der Waals surface area (Å²) < 4.78 is 0. The smallest absolute Gasteiger partial charge is 0.245 e. The van der Waals surface area contributed by atoms with Gasteiger partial charge < -0.3 is 10.2 Å². The van der Waals surface area contributed by atoms with Crippen LogP contribution in [0.25, 0.3) is 0 Å². The fourth-order valence-corrected chi connectivity index (χ4v) is 2.89. The Morgan fingerprint density at radius 1 is 1.61 bits per heavy atom. The van der Waals surface area contributed by atoms with Gasteiger partial charge >= 0.3 is 0 Å². The van der Waals surface area contributed by atoms with E-state index in [2.05, 4.69) is 17.2 Å². The molecule has 6 heteroatoms. The lowest BCUT2D eigenvalue weighted by molar-refractivity contribution is -0.145. The zero-order chi connectivity index (χ0) is 13.3. The molecule has 1 aliphatic rings. The molecule has 1 N–H and O–H groups in total. The number of hydrogen-bond acceptors (Lipinski definition) is 4. The van der Waals surface area contributed by atoms with Crippen LogP contribution in [-0.2, 0) is 16.0 Å². The minimum absolute atomic E-state index is 0.0460. The first kappa shape index (κ1) is 13.0. The molecule has 0 spiro atoms. The molecule has 0 radical (unpaired) electrons. The first-order valence-corrected chi connectivity index (χ1v) is 6.89. The van der Waals surface area contributed by atoms with Crippen molar-refractivity contribution in [3.05, 3.63) is 16.1 Å². The summed E-state index contributed by atoms with van der Waals surface area (Å²) in [5.74, 6) is -0.156. The van der Waals surface area contributed by atoms with Gasteiger partial charge in [0.05, 0.1) is 6.04 Å². The first-order valence-electron chi connectivity index (χ1n) is 6.07. The van der Waals surface area contributed by atoms with E-state index in [0.29, 0.717) is 0 Å². The first-order chi connectivity index (χ1) is 8.52. The standard InChI is InChI=1S/C12H17N3O2S/c1-4-9-5-13-11(18-9)8(3)15-6-10(16)14-7(2)12(15)17/h5,7-8H,4,6H2,1-3H3,(H,14,16). The maximum Gasteiger partial charge on any atom is 0.245 e. The summed E-state index contributed by atoms with van der Waals surface area (Å²) in [5, 5.41) is 3.53. The van der Waals surface area contributed by atoms with Crippen molar-refractivity contribution in [2.24, 2.45) is 0 Å². The molecule has 0 aliphatic carbocycles. The zero-order valence-corrected chi connectivity index (χ0v) is 11.6. The van der Waals surface area contributed by atoms with Gasteiger partial charge in [-0.3, -0.25) is 9.59 Å². The maximum absolute atomic E-state index is 12.1. The van der Waals surface area contributed by atoms with Gasteiger partial charge in [-0.05, 0) is 20.3 Å². The third kappa shape index (κ3) is 2.38. The van der Waals surface area contributed by atoms with Gasteiger partial charge in [0, 0.05) is 11.1 Å². The Hall–Kier alpha value is -1.43. The van der Waals surface area contributed by atoms with E-state index < -0.39 is 6.04 Å². The molecule has 2 amide bonds. The molecule has 1 aliphatic heterocycles. The Bertz CT molecular complexity index is 472. The zero-order valence-electron chi connectivity index (χ0n) is 10.8. The number of aromatic nitrogens is 1. The van der Waals surface area contributed by atoms with Crippen molar-refractivity contribution in [1.29, 1.82) is 0 Å². The van der Waals surface area contributed by atoms with E-state index in [-0.39, 0.29) is 24.4 Å². The molecule has 5 nitrogen and oxygen atoms in total. The highest BCUT2D eigenvalue weighted by Gasteiger charge is 2.33. The highest BCUT2D eigenvalue weighted by Crippen LogP contribution is 2.26. The fraction of sp³-hybridized carbons (Fsp3) is 0.583. The minimum Gasteiger partial charge on any atom is -0.343 e. The van der Waals surface area contributed by atoms with Crippen LogP contribution in [0.1, 0.15) is 36.7 Å². The van der Waals surface area contributed by atoms with Gasteiger partial charge in [-0.1, -0.05) is 6.92 Å². The van der Waals surface area contributed by atoms with Crippen LogP contribution in [0.4, 0.5) is 0 Å². The maximum atomic E-state index is 12.1. The lowest BCUT2D eigenvalue weighted by atomic mass is 10.1. The van der Waals surface area contributed by atoms with Crippen LogP contribution in [0.2, 0.25) is 0 Å². The molecule has 2 rings (SSSR count). The summed E-state index contributed by atoms with van der Waals surface area (Å²) in [6, 6.07) is -0.587. The van der Waals surface area contributed by atoms with Crippen LogP contribution >= 0.6 is 11.3 Å². The lowest BCUT2D eigenvalue weighted by Crippen LogP contribution is -2.57. The molecule has 2 heterocycles. The quantitative estimate of drug-likeness (QED) is 0.892. The molecular weight excluding hydrogens is 250 g/mol. The van der Waals surface area contributed by atoms with Crippen LogP contribution in [0.15, 0.2) is 6.20 Å². The van der Waals surface area contributed by atoms with Crippen molar-refractivity contribution in [1.82, 2.24) is 15.2 Å². The molecule has 98 valence electrons. The molecule has 0 aromatic carbocycles. The Labute approximate surface area is 110 Å². The van der Waals surface area contributed by atoms with Gasteiger partial charge in [0.15, 0.2) is 0 Å². The second-order valence-corrected chi connectivity index (χ2v) is 5.60. The van der Waals surface area contributed by atoms with E-state index in [9.17, 15) is 9.59 Å². The van der Waals surface area contributed by atoms with Crippen molar-refractivity contribution in [3.8, 4) is 0 Å². The fourth-order valence-electron chi connectivity index (χ4n) is 1.97. The highest BCUT2D eigenvalue weighted by atomic mass is 32.1. The molecule has 18 heavy (non-hydrogen) atoms. The molecular formula is C12H17N3O2S. The largest absolute Gasteiger partial charge is 0.343 e. The number of amides is 2. The summed E-state index contributed by atoms with van der Waals surface area (Å²) >= 11 is 1.60. The van der Waals surface area contributed by atoms with Gasteiger partial charge in [-0.25, -0.2) is 4.98 Å². The van der Waals surface area contributed by atoms with Gasteiger partial charge in [-0.15, -0.1) is 11.3 Å². The monoisotopic (exact) mass is 267 g/mol. The van der Waals surface area contributed by atoms with Gasteiger partial charge in [0.25, 0.3) is 0 Å². The van der Waals surface area contributed by atoms with Gasteiger partial charge in [0.2, 0.25) is 11.8 Å². The average Bonchev–Trinajstić information content (AvgIpc) is 2.81. The van der Waals surface area contributed by atoms with E-state index in [0.717, 1.165) is 11.4 Å². The predicted octanol–water partition coefficient (Wildman–Crippen LogP) is 1.11. The molecule has 0 bridgehead atoms. The SMILES string of the molecule is CCc1cnc(C(C)N2CC(=O)NC(C)C2=O)s1. The van der Waals surface area contributed by atoms with Crippen molar-refractivity contribution in [2.45, 2.75) is 39.3 Å². The topological polar surface area (TPSA) is 62.3 Å². The highest BCUT2D eigenvalue weighted by molar-refractivity contribution is 7.11. The number of carbonyl (C=O) groups is 2. The predicted molar refractivity (Wildman–Crippen MR) is 69.2 cm³/mol. The van der Waals surface area contributed by atoms with Crippen molar-refractivity contribution in [3.63, 3.8) is 0 Å². The van der Waals surface area contributed by atoms with E-state index in [4.69, 9.17) is 0 Å². The number of carbonyl (C=O) groups excluding carboxylic acids is 2. The number of aryl methyl sites for hydroxylation is 1. The Morgan fingerprint density at radius 2 is 2.33 bits per heavy atom. The molecule has 0 saturated carbocycles. The van der Waals surface area contributed by atoms with Crippen LogP contribution in [-0.4, -0.2) is 34.3 Å². The summed E-state index contributed by atoms with van der Waals surface area (Å²) in [6.45, 7) is 5.81. The summed E-state index contributed by atoms with van der Waals surface area (Å²) in [4.78, 5) is 30.7. The van der Waals surface area contributed by atoms with Crippen LogP contribution in [0, 0.1) is 0 Å². The summed E-state index contributed by atoms with van der Waals surface area (Å²) in [6.07, 6.45) is 2.78. The van der Waals surface area contributed by atoms with Gasteiger partial charge in [-0.2, -0.15) is 0 Å². The Morgan fingerprint density at radius 3 is 2.94 bits per heavy atom.